The lowest BCUT2D eigenvalue weighted by atomic mass is 10.0. The molecule has 0 aromatic heterocycles. The van der Waals surface area contributed by atoms with Gasteiger partial charge < -0.3 is 15.0 Å². The molecule has 2 aromatic carbocycles. The van der Waals surface area contributed by atoms with Crippen molar-refractivity contribution in [2.24, 2.45) is 0 Å². The van der Waals surface area contributed by atoms with E-state index in [1.54, 1.807) is 11.8 Å². The van der Waals surface area contributed by atoms with E-state index in [4.69, 9.17) is 4.74 Å². The second kappa shape index (κ2) is 11.0. The molecular weight excluding hydrogens is 388 g/mol. The van der Waals surface area contributed by atoms with E-state index >= 15 is 0 Å². The first-order valence-corrected chi connectivity index (χ1v) is 10.9. The van der Waals surface area contributed by atoms with Crippen LogP contribution in [0.4, 0.5) is 0 Å². The highest BCUT2D eigenvalue weighted by Gasteiger charge is 2.28. The molecule has 0 aliphatic heterocycles. The topological polar surface area (TPSA) is 58.6 Å². The predicted molar refractivity (Wildman–Crippen MR) is 125 cm³/mol. The van der Waals surface area contributed by atoms with Crippen molar-refractivity contribution < 1.29 is 14.3 Å². The molecule has 2 amide bonds. The zero-order valence-corrected chi connectivity index (χ0v) is 19.6. The summed E-state index contributed by atoms with van der Waals surface area (Å²) in [5.74, 6) is 0.703. The molecule has 0 radical (unpaired) electrons. The maximum Gasteiger partial charge on any atom is 0.261 e. The molecule has 0 fully saturated rings. The monoisotopic (exact) mass is 424 g/mol. The van der Waals surface area contributed by atoms with E-state index in [0.717, 1.165) is 5.56 Å². The zero-order chi connectivity index (χ0) is 23.0. The van der Waals surface area contributed by atoms with Crippen molar-refractivity contribution in [3.05, 3.63) is 65.7 Å². The number of ether oxygens (including phenoxy) is 1. The Morgan fingerprint density at radius 1 is 0.968 bits per heavy atom. The molecule has 0 saturated heterocycles. The first-order chi connectivity index (χ1) is 14.6. The van der Waals surface area contributed by atoms with Crippen LogP contribution in [0.5, 0.6) is 5.75 Å². The minimum atomic E-state index is -0.595. The van der Waals surface area contributed by atoms with Crippen LogP contribution in [-0.2, 0) is 16.0 Å². The number of nitrogens with one attached hydrogen (secondary N) is 1. The highest BCUT2D eigenvalue weighted by atomic mass is 16.5. The van der Waals surface area contributed by atoms with E-state index in [0.29, 0.717) is 24.6 Å². The van der Waals surface area contributed by atoms with Gasteiger partial charge in [-0.15, -0.1) is 0 Å². The Balaban J connectivity index is 2.07. The third-order valence-corrected chi connectivity index (χ3v) is 5.06. The van der Waals surface area contributed by atoms with Crippen molar-refractivity contribution in [3.8, 4) is 5.75 Å². The van der Waals surface area contributed by atoms with E-state index < -0.39 is 6.04 Å². The summed E-state index contributed by atoms with van der Waals surface area (Å²) in [6.07, 6.45) is 0.669. The molecule has 31 heavy (non-hydrogen) atoms. The van der Waals surface area contributed by atoms with Gasteiger partial charge in [0, 0.05) is 12.1 Å². The summed E-state index contributed by atoms with van der Waals surface area (Å²) < 4.78 is 5.74. The minimum absolute atomic E-state index is 0.108. The van der Waals surface area contributed by atoms with Crippen LogP contribution in [0.15, 0.2) is 54.6 Å². The number of carbonyl (C=O) groups is 2. The number of rotatable bonds is 9. The lowest BCUT2D eigenvalue weighted by Crippen LogP contribution is -2.53. The van der Waals surface area contributed by atoms with Crippen molar-refractivity contribution in [2.45, 2.75) is 65.5 Å². The standard InChI is InChI=1S/C26H36N2O3/c1-19(2)22-12-14-23(15-13-22)31-18-24(29)28(17-16-21-10-8-7-9-11-21)20(3)25(30)27-26(4,5)6/h7-15,19-20H,16-18H2,1-6H3,(H,27,30)/t20-/m0/s1. The normalized spacial score (nSPS) is 12.4. The molecular formula is C26H36N2O3. The van der Waals surface area contributed by atoms with Crippen molar-refractivity contribution in [2.75, 3.05) is 13.2 Å². The highest BCUT2D eigenvalue weighted by molar-refractivity contribution is 5.88. The third-order valence-electron chi connectivity index (χ3n) is 5.06. The van der Waals surface area contributed by atoms with Gasteiger partial charge in [0.05, 0.1) is 0 Å². The molecule has 5 nitrogen and oxygen atoms in total. The summed E-state index contributed by atoms with van der Waals surface area (Å²) >= 11 is 0. The molecule has 0 heterocycles. The number of hydrogen-bond acceptors (Lipinski definition) is 3. The Bertz CT molecular complexity index is 839. The van der Waals surface area contributed by atoms with Crippen LogP contribution in [0.3, 0.4) is 0 Å². The fourth-order valence-electron chi connectivity index (χ4n) is 3.22. The Morgan fingerprint density at radius 3 is 2.13 bits per heavy atom. The number of hydrogen-bond donors (Lipinski definition) is 1. The van der Waals surface area contributed by atoms with E-state index in [-0.39, 0.29) is 24.0 Å². The summed E-state index contributed by atoms with van der Waals surface area (Å²) in [6, 6.07) is 17.1. The fraction of sp³-hybridized carbons (Fsp3) is 0.462. The van der Waals surface area contributed by atoms with Crippen LogP contribution < -0.4 is 10.1 Å². The van der Waals surface area contributed by atoms with Crippen LogP contribution in [0, 0.1) is 0 Å². The Kier molecular flexibility index (Phi) is 8.66. The van der Waals surface area contributed by atoms with Crippen molar-refractivity contribution >= 4 is 11.8 Å². The van der Waals surface area contributed by atoms with Crippen LogP contribution in [-0.4, -0.2) is 41.4 Å². The molecule has 0 aliphatic carbocycles. The molecule has 0 saturated carbocycles. The Morgan fingerprint density at radius 2 is 1.58 bits per heavy atom. The minimum Gasteiger partial charge on any atom is -0.484 e. The first-order valence-electron chi connectivity index (χ1n) is 10.9. The molecule has 0 aliphatic rings. The molecule has 168 valence electrons. The molecule has 1 atom stereocenters. The van der Waals surface area contributed by atoms with Crippen LogP contribution in [0.1, 0.15) is 58.6 Å². The molecule has 0 spiro atoms. The smallest absolute Gasteiger partial charge is 0.261 e. The lowest BCUT2D eigenvalue weighted by Gasteiger charge is -2.31. The van der Waals surface area contributed by atoms with E-state index in [1.807, 2.05) is 75.4 Å². The van der Waals surface area contributed by atoms with Crippen LogP contribution >= 0.6 is 0 Å². The summed E-state index contributed by atoms with van der Waals surface area (Å²) in [5, 5.41) is 2.97. The van der Waals surface area contributed by atoms with E-state index in [9.17, 15) is 9.59 Å². The van der Waals surface area contributed by atoms with Gasteiger partial charge >= 0.3 is 0 Å². The maximum atomic E-state index is 13.0. The van der Waals surface area contributed by atoms with Gasteiger partial charge in [0.15, 0.2) is 6.61 Å². The van der Waals surface area contributed by atoms with Gasteiger partial charge in [0.2, 0.25) is 5.91 Å². The van der Waals surface area contributed by atoms with Crippen molar-refractivity contribution in [1.29, 1.82) is 0 Å². The average Bonchev–Trinajstić information content (AvgIpc) is 2.72. The van der Waals surface area contributed by atoms with Gasteiger partial charge in [-0.05, 0) is 63.3 Å². The average molecular weight is 425 g/mol. The largest absolute Gasteiger partial charge is 0.484 e. The van der Waals surface area contributed by atoms with Crippen molar-refractivity contribution in [1.82, 2.24) is 10.2 Å². The summed E-state index contributed by atoms with van der Waals surface area (Å²) in [5.41, 5.74) is 1.97. The van der Waals surface area contributed by atoms with Crippen LogP contribution in [0.2, 0.25) is 0 Å². The van der Waals surface area contributed by atoms with Gasteiger partial charge in [0.1, 0.15) is 11.8 Å². The zero-order valence-electron chi connectivity index (χ0n) is 19.6. The molecule has 2 aromatic rings. The number of nitrogens with zero attached hydrogens (tertiary/aromatic N) is 1. The van der Waals surface area contributed by atoms with E-state index in [1.165, 1.54) is 5.56 Å². The van der Waals surface area contributed by atoms with Gasteiger partial charge in [-0.3, -0.25) is 9.59 Å². The first kappa shape index (κ1) is 24.4. The second-order valence-corrected chi connectivity index (χ2v) is 9.25. The summed E-state index contributed by atoms with van der Waals surface area (Å²) in [6.45, 7) is 12.1. The summed E-state index contributed by atoms with van der Waals surface area (Å²) in [7, 11) is 0. The third kappa shape index (κ3) is 8.08. The molecule has 5 heteroatoms. The quantitative estimate of drug-likeness (QED) is 0.642. The number of benzene rings is 2. The molecule has 0 unspecified atom stereocenters. The predicted octanol–water partition coefficient (Wildman–Crippen LogP) is 4.56. The van der Waals surface area contributed by atoms with Gasteiger partial charge in [0.25, 0.3) is 5.91 Å². The van der Waals surface area contributed by atoms with Crippen LogP contribution in [0.25, 0.3) is 0 Å². The van der Waals surface area contributed by atoms with Crippen molar-refractivity contribution in [3.63, 3.8) is 0 Å². The maximum absolute atomic E-state index is 13.0. The SMILES string of the molecule is CC(C)c1ccc(OCC(=O)N(CCc2ccccc2)[C@@H](C)C(=O)NC(C)(C)C)cc1. The van der Waals surface area contributed by atoms with Gasteiger partial charge in [-0.2, -0.15) is 0 Å². The van der Waals surface area contributed by atoms with Gasteiger partial charge in [-0.25, -0.2) is 0 Å². The molecule has 2 rings (SSSR count). The Hall–Kier alpha value is -2.82. The number of amides is 2. The lowest BCUT2D eigenvalue weighted by molar-refractivity contribution is -0.142. The Labute approximate surface area is 186 Å². The van der Waals surface area contributed by atoms with E-state index in [2.05, 4.69) is 19.2 Å². The fourth-order valence-corrected chi connectivity index (χ4v) is 3.22. The number of carbonyl (C=O) groups excluding carboxylic acids is 2. The van der Waals surface area contributed by atoms with Gasteiger partial charge in [-0.1, -0.05) is 56.3 Å². The molecule has 0 bridgehead atoms. The second-order valence-electron chi connectivity index (χ2n) is 9.25. The molecule has 1 N–H and O–H groups in total. The highest BCUT2D eigenvalue weighted by Crippen LogP contribution is 2.19. The summed E-state index contributed by atoms with van der Waals surface area (Å²) in [4.78, 5) is 27.4.